The van der Waals surface area contributed by atoms with Crippen molar-refractivity contribution in [1.29, 1.82) is 0 Å². The molecule has 2 aromatic heterocycles. The highest BCUT2D eigenvalue weighted by atomic mass is 15.3. The minimum atomic E-state index is 0.677. The summed E-state index contributed by atoms with van der Waals surface area (Å²) in [6, 6.07) is 11.0. The summed E-state index contributed by atoms with van der Waals surface area (Å²) in [4.78, 5) is 11.8. The normalized spacial score (nSPS) is 18.5. The van der Waals surface area contributed by atoms with Crippen LogP contribution >= 0.6 is 0 Å². The zero-order chi connectivity index (χ0) is 18.1. The average molecular weight is 362 g/mol. The number of nitrogens with one attached hydrogen (secondary N) is 1. The summed E-state index contributed by atoms with van der Waals surface area (Å²) in [6.45, 7) is 3.84. The van der Waals surface area contributed by atoms with E-state index in [2.05, 4.69) is 30.9 Å². The van der Waals surface area contributed by atoms with Crippen LogP contribution in [-0.4, -0.2) is 37.2 Å². The SMILES string of the molecule is c1ccc2nc(NCc3cc4n(n3)CCN(C3CCCCC3)C4)cnc2c1. The van der Waals surface area contributed by atoms with Gasteiger partial charge in [-0.05, 0) is 31.0 Å². The van der Waals surface area contributed by atoms with Crippen molar-refractivity contribution in [1.82, 2.24) is 24.6 Å². The predicted molar refractivity (Wildman–Crippen MR) is 106 cm³/mol. The number of hydrogen-bond acceptors (Lipinski definition) is 5. The van der Waals surface area contributed by atoms with Gasteiger partial charge in [0, 0.05) is 19.1 Å². The highest BCUT2D eigenvalue weighted by Crippen LogP contribution is 2.26. The van der Waals surface area contributed by atoms with E-state index in [9.17, 15) is 0 Å². The molecule has 1 fully saturated rings. The summed E-state index contributed by atoms with van der Waals surface area (Å²) >= 11 is 0. The molecule has 0 spiro atoms. The fourth-order valence-corrected chi connectivity index (χ4v) is 4.41. The van der Waals surface area contributed by atoms with E-state index in [1.165, 1.54) is 37.8 Å². The maximum absolute atomic E-state index is 4.79. The molecule has 6 nitrogen and oxygen atoms in total. The van der Waals surface area contributed by atoms with Gasteiger partial charge in [0.2, 0.25) is 0 Å². The zero-order valence-electron chi connectivity index (χ0n) is 15.6. The van der Waals surface area contributed by atoms with Crippen molar-refractivity contribution in [3.8, 4) is 0 Å². The van der Waals surface area contributed by atoms with Gasteiger partial charge in [0.05, 0.1) is 41.7 Å². The van der Waals surface area contributed by atoms with Gasteiger partial charge in [0.15, 0.2) is 0 Å². The lowest BCUT2D eigenvalue weighted by Gasteiger charge is -2.36. The smallest absolute Gasteiger partial charge is 0.145 e. The molecule has 27 heavy (non-hydrogen) atoms. The Morgan fingerprint density at radius 2 is 1.89 bits per heavy atom. The van der Waals surface area contributed by atoms with E-state index in [1.807, 2.05) is 24.3 Å². The molecule has 0 radical (unpaired) electrons. The maximum atomic E-state index is 4.79. The molecule has 0 saturated heterocycles. The van der Waals surface area contributed by atoms with Crippen LogP contribution in [0, 0.1) is 0 Å². The first kappa shape index (κ1) is 16.7. The second-order valence-electron chi connectivity index (χ2n) is 7.71. The molecule has 0 amide bonds. The van der Waals surface area contributed by atoms with Crippen molar-refractivity contribution in [3.05, 3.63) is 47.9 Å². The van der Waals surface area contributed by atoms with E-state index in [-0.39, 0.29) is 0 Å². The molecule has 1 aliphatic carbocycles. The predicted octanol–water partition coefficient (Wildman–Crippen LogP) is 3.59. The number of benzene rings is 1. The lowest BCUT2D eigenvalue weighted by atomic mass is 9.94. The number of nitrogens with zero attached hydrogens (tertiary/aromatic N) is 5. The Hall–Kier alpha value is -2.47. The minimum absolute atomic E-state index is 0.677. The third kappa shape index (κ3) is 3.54. The van der Waals surface area contributed by atoms with E-state index in [0.717, 1.165) is 48.2 Å². The van der Waals surface area contributed by atoms with Crippen molar-refractivity contribution in [3.63, 3.8) is 0 Å². The Morgan fingerprint density at radius 3 is 2.78 bits per heavy atom. The molecular formula is C21H26N6. The number of fused-ring (bicyclic) bond motifs is 2. The van der Waals surface area contributed by atoms with Crippen LogP contribution in [0.3, 0.4) is 0 Å². The maximum Gasteiger partial charge on any atom is 0.145 e. The number of anilines is 1. The van der Waals surface area contributed by atoms with Crippen molar-refractivity contribution in [2.75, 3.05) is 11.9 Å². The third-order valence-corrected chi connectivity index (χ3v) is 5.87. The van der Waals surface area contributed by atoms with Crippen molar-refractivity contribution < 1.29 is 0 Å². The van der Waals surface area contributed by atoms with Gasteiger partial charge < -0.3 is 5.32 Å². The summed E-state index contributed by atoms with van der Waals surface area (Å²) in [6.07, 6.45) is 8.72. The van der Waals surface area contributed by atoms with Crippen molar-refractivity contribution in [2.45, 2.75) is 57.8 Å². The average Bonchev–Trinajstić information content (AvgIpc) is 3.15. The van der Waals surface area contributed by atoms with Gasteiger partial charge in [-0.1, -0.05) is 31.4 Å². The summed E-state index contributed by atoms with van der Waals surface area (Å²) in [5, 5.41) is 8.16. The molecule has 1 saturated carbocycles. The highest BCUT2D eigenvalue weighted by Gasteiger charge is 2.25. The van der Waals surface area contributed by atoms with Gasteiger partial charge in [-0.3, -0.25) is 14.6 Å². The second-order valence-corrected chi connectivity index (χ2v) is 7.71. The third-order valence-electron chi connectivity index (χ3n) is 5.87. The summed E-state index contributed by atoms with van der Waals surface area (Å²) < 4.78 is 2.18. The van der Waals surface area contributed by atoms with Gasteiger partial charge >= 0.3 is 0 Å². The van der Waals surface area contributed by atoms with Crippen LogP contribution in [-0.2, 0) is 19.6 Å². The van der Waals surface area contributed by atoms with Crippen molar-refractivity contribution in [2.24, 2.45) is 0 Å². The first-order chi connectivity index (χ1) is 13.3. The second kappa shape index (κ2) is 7.27. The molecule has 5 rings (SSSR count). The largest absolute Gasteiger partial charge is 0.363 e. The lowest BCUT2D eigenvalue weighted by Crippen LogP contribution is -2.42. The number of aromatic nitrogens is 4. The van der Waals surface area contributed by atoms with Crippen LogP contribution in [0.25, 0.3) is 11.0 Å². The summed E-state index contributed by atoms with van der Waals surface area (Å²) in [5.41, 5.74) is 4.25. The fraction of sp³-hybridized carbons (Fsp3) is 0.476. The number of hydrogen-bond donors (Lipinski definition) is 1. The van der Waals surface area contributed by atoms with Crippen LogP contribution < -0.4 is 5.32 Å². The Labute approximate surface area is 159 Å². The standard InChI is InChI=1S/C21H26N6/c1-2-6-17(7-3-1)26-10-11-27-18(15-26)12-16(25-27)13-23-21-14-22-19-8-4-5-9-20(19)24-21/h4-5,8-9,12,14,17H,1-3,6-7,10-11,13,15H2,(H,23,24). The first-order valence-corrected chi connectivity index (χ1v) is 10.1. The zero-order valence-corrected chi connectivity index (χ0v) is 15.6. The monoisotopic (exact) mass is 362 g/mol. The molecule has 0 unspecified atom stereocenters. The molecule has 1 N–H and O–H groups in total. The molecule has 3 heterocycles. The molecule has 1 aliphatic heterocycles. The van der Waals surface area contributed by atoms with Crippen LogP contribution in [0.2, 0.25) is 0 Å². The van der Waals surface area contributed by atoms with Gasteiger partial charge in [-0.25, -0.2) is 4.98 Å². The molecule has 6 heteroatoms. The molecule has 0 atom stereocenters. The minimum Gasteiger partial charge on any atom is -0.363 e. The van der Waals surface area contributed by atoms with Gasteiger partial charge in [-0.2, -0.15) is 5.10 Å². The van der Waals surface area contributed by atoms with Crippen LogP contribution in [0.15, 0.2) is 36.5 Å². The van der Waals surface area contributed by atoms with Crippen LogP contribution in [0.5, 0.6) is 0 Å². The van der Waals surface area contributed by atoms with Gasteiger partial charge in [0.25, 0.3) is 0 Å². The summed E-state index contributed by atoms with van der Waals surface area (Å²) in [5.74, 6) is 0.795. The first-order valence-electron chi connectivity index (χ1n) is 10.1. The fourth-order valence-electron chi connectivity index (χ4n) is 4.41. The van der Waals surface area contributed by atoms with Gasteiger partial charge in [0.1, 0.15) is 5.82 Å². The highest BCUT2D eigenvalue weighted by molar-refractivity contribution is 5.75. The van der Waals surface area contributed by atoms with E-state index in [4.69, 9.17) is 5.10 Å². The Kier molecular flexibility index (Phi) is 4.49. The van der Waals surface area contributed by atoms with Crippen LogP contribution in [0.1, 0.15) is 43.5 Å². The molecular weight excluding hydrogens is 336 g/mol. The quantitative estimate of drug-likeness (QED) is 0.769. The molecule has 0 bridgehead atoms. The molecule has 3 aromatic rings. The Morgan fingerprint density at radius 1 is 1.04 bits per heavy atom. The Bertz CT molecular complexity index is 927. The Balaban J connectivity index is 1.25. The summed E-state index contributed by atoms with van der Waals surface area (Å²) in [7, 11) is 0. The van der Waals surface area contributed by atoms with Crippen molar-refractivity contribution >= 4 is 16.9 Å². The topological polar surface area (TPSA) is 58.9 Å². The van der Waals surface area contributed by atoms with E-state index < -0.39 is 0 Å². The molecule has 2 aliphatic rings. The molecule has 1 aromatic carbocycles. The number of para-hydroxylation sites is 2. The molecule has 140 valence electrons. The number of rotatable bonds is 4. The van der Waals surface area contributed by atoms with E-state index >= 15 is 0 Å². The van der Waals surface area contributed by atoms with E-state index in [1.54, 1.807) is 6.20 Å². The van der Waals surface area contributed by atoms with Crippen LogP contribution in [0.4, 0.5) is 5.82 Å². The van der Waals surface area contributed by atoms with Gasteiger partial charge in [-0.15, -0.1) is 0 Å². The van der Waals surface area contributed by atoms with E-state index in [0.29, 0.717) is 6.54 Å². The lowest BCUT2D eigenvalue weighted by molar-refractivity contribution is 0.119.